The van der Waals surface area contributed by atoms with Crippen molar-refractivity contribution in [3.05, 3.63) is 22.1 Å². The van der Waals surface area contributed by atoms with Crippen molar-refractivity contribution in [3.63, 3.8) is 0 Å². The van der Waals surface area contributed by atoms with Crippen LogP contribution in [-0.4, -0.2) is 26.2 Å². The van der Waals surface area contributed by atoms with Gasteiger partial charge in [-0.25, -0.2) is 9.55 Å². The van der Waals surface area contributed by atoms with E-state index < -0.39 is 4.92 Å². The maximum absolute atomic E-state index is 10.4. The van der Waals surface area contributed by atoms with E-state index in [1.54, 1.807) is 6.92 Å². The Morgan fingerprint density at radius 3 is 2.85 bits per heavy atom. The molecule has 0 amide bonds. The monoisotopic (exact) mass is 366 g/mol. The van der Waals surface area contributed by atoms with Crippen LogP contribution in [0.15, 0.2) is 6.20 Å². The molecule has 1 heterocycles. The van der Waals surface area contributed by atoms with Crippen molar-refractivity contribution >= 4 is 5.82 Å². The van der Waals surface area contributed by atoms with Crippen molar-refractivity contribution < 1.29 is 31.1 Å². The number of aliphatic hydroxyl groups is 1. The fraction of sp³-hybridized carbons (Fsp3) is 0.500. The predicted octanol–water partition coefficient (Wildman–Crippen LogP) is 0.0895. The molecule has 0 saturated heterocycles. The molecule has 13 heavy (non-hydrogen) atoms. The third-order valence-corrected chi connectivity index (χ3v) is 1.54. The van der Waals surface area contributed by atoms with Gasteiger partial charge in [-0.2, -0.15) is 0 Å². The minimum Gasteiger partial charge on any atom is -0.392 e. The van der Waals surface area contributed by atoms with Crippen LogP contribution in [0.2, 0.25) is 0 Å². The van der Waals surface area contributed by atoms with Gasteiger partial charge in [-0.05, 0) is 4.92 Å². The van der Waals surface area contributed by atoms with Gasteiger partial charge in [-0.1, -0.05) is 0 Å². The number of aryl methyl sites for hydroxylation is 1. The van der Waals surface area contributed by atoms with Gasteiger partial charge in [0.15, 0.2) is 5.82 Å². The van der Waals surface area contributed by atoms with Crippen molar-refractivity contribution in [1.82, 2.24) is 9.55 Å². The summed E-state index contributed by atoms with van der Waals surface area (Å²) in [5.41, 5.74) is 0. The molecule has 0 unspecified atom stereocenters. The van der Waals surface area contributed by atoms with Crippen molar-refractivity contribution in [2.24, 2.45) is 0 Å². The molecule has 0 saturated carbocycles. The molecule has 0 aliphatic heterocycles. The van der Waals surface area contributed by atoms with Gasteiger partial charge in [0.05, 0.1) is 6.61 Å². The number of nitrogens with zero attached hydrogens (tertiary/aromatic N) is 3. The molecule has 76 valence electrons. The Bertz CT molecular complexity index is 299. The third kappa shape index (κ3) is 2.60. The zero-order valence-corrected chi connectivity index (χ0v) is 9.19. The summed E-state index contributed by atoms with van der Waals surface area (Å²) < 4.78 is 1.36. The molecular weight excluding hydrogens is 357 g/mol. The molecule has 1 aromatic rings. The molecule has 7 heteroatoms. The molecule has 0 aliphatic carbocycles. The topological polar surface area (TPSA) is 81.2 Å². The molecule has 0 aromatic carbocycles. The first-order chi connectivity index (χ1) is 5.66. The summed E-state index contributed by atoms with van der Waals surface area (Å²) in [4.78, 5) is 13.6. The first-order valence-electron chi connectivity index (χ1n) is 3.44. The molecule has 1 rings (SSSR count). The van der Waals surface area contributed by atoms with Gasteiger partial charge in [0.1, 0.15) is 12.7 Å². The second-order valence-corrected chi connectivity index (χ2v) is 2.30. The van der Waals surface area contributed by atoms with Crippen LogP contribution < -0.4 is 0 Å². The van der Waals surface area contributed by atoms with Gasteiger partial charge in [-0.15, -0.1) is 0 Å². The van der Waals surface area contributed by atoms with Crippen LogP contribution in [0.25, 0.3) is 0 Å². The Morgan fingerprint density at radius 1 is 1.77 bits per heavy atom. The minimum atomic E-state index is -0.518. The van der Waals surface area contributed by atoms with Crippen LogP contribution in [-0.2, 0) is 27.6 Å². The van der Waals surface area contributed by atoms with Crippen LogP contribution in [0, 0.1) is 17.0 Å². The normalized spacial score (nSPS) is 9.38. The summed E-state index contributed by atoms with van der Waals surface area (Å²) in [7, 11) is 0. The van der Waals surface area contributed by atoms with Crippen molar-refractivity contribution in [2.45, 2.75) is 13.5 Å². The summed E-state index contributed by atoms with van der Waals surface area (Å²) in [6.45, 7) is 1.74. The van der Waals surface area contributed by atoms with Crippen LogP contribution in [0.4, 0.5) is 5.82 Å². The van der Waals surface area contributed by atoms with Crippen LogP contribution >= 0.6 is 0 Å². The molecule has 0 spiro atoms. The SMILES string of the molecule is Cc1ncc([N+](=O)[O-])n1CCO.[Pt]. The summed E-state index contributed by atoms with van der Waals surface area (Å²) in [5, 5.41) is 19.0. The van der Waals surface area contributed by atoms with Crippen molar-refractivity contribution in [3.8, 4) is 0 Å². The number of aromatic nitrogens is 2. The summed E-state index contributed by atoms with van der Waals surface area (Å²) in [5.74, 6) is 0.456. The van der Waals surface area contributed by atoms with Gasteiger partial charge in [0, 0.05) is 28.0 Å². The van der Waals surface area contributed by atoms with Gasteiger partial charge in [0.2, 0.25) is 0 Å². The molecule has 0 fully saturated rings. The number of hydrogen-bond acceptors (Lipinski definition) is 4. The van der Waals surface area contributed by atoms with E-state index in [1.165, 1.54) is 10.8 Å². The Balaban J connectivity index is 0.00000144. The van der Waals surface area contributed by atoms with E-state index in [2.05, 4.69) is 4.98 Å². The number of aliphatic hydroxyl groups excluding tert-OH is 1. The predicted molar refractivity (Wildman–Crippen MR) is 40.7 cm³/mol. The molecule has 0 radical (unpaired) electrons. The van der Waals surface area contributed by atoms with Gasteiger partial charge < -0.3 is 15.2 Å². The zero-order valence-electron chi connectivity index (χ0n) is 6.91. The fourth-order valence-corrected chi connectivity index (χ4v) is 0.978. The fourth-order valence-electron chi connectivity index (χ4n) is 0.978. The quantitative estimate of drug-likeness (QED) is 0.607. The molecule has 0 aliphatic rings. The molecule has 0 bridgehead atoms. The van der Waals surface area contributed by atoms with Crippen LogP contribution in [0.5, 0.6) is 0 Å². The largest absolute Gasteiger partial charge is 0.392 e. The third-order valence-electron chi connectivity index (χ3n) is 1.54. The second kappa shape index (κ2) is 5.09. The minimum absolute atomic E-state index is 0. The number of nitro groups is 1. The standard InChI is InChI=1S/C6H9N3O3.Pt/c1-5-7-4-6(9(11)12)8(5)2-3-10;/h4,10H,2-3H2,1H3;. The maximum atomic E-state index is 10.4. The van der Waals surface area contributed by atoms with E-state index in [0.717, 1.165) is 0 Å². The average Bonchev–Trinajstić information content (AvgIpc) is 2.34. The van der Waals surface area contributed by atoms with E-state index in [9.17, 15) is 10.1 Å². The average molecular weight is 366 g/mol. The molecule has 6 nitrogen and oxygen atoms in total. The van der Waals surface area contributed by atoms with E-state index in [-0.39, 0.29) is 40.0 Å². The van der Waals surface area contributed by atoms with E-state index in [4.69, 9.17) is 5.11 Å². The number of rotatable bonds is 3. The van der Waals surface area contributed by atoms with Gasteiger partial charge in [0.25, 0.3) is 0 Å². The number of hydrogen-bond donors (Lipinski definition) is 1. The Hall–Kier alpha value is -0.742. The Kier molecular flexibility index (Phi) is 4.80. The molecule has 1 N–H and O–H groups in total. The molecular formula is C6H9N3O3Pt. The van der Waals surface area contributed by atoms with E-state index >= 15 is 0 Å². The van der Waals surface area contributed by atoms with Crippen molar-refractivity contribution in [1.29, 1.82) is 0 Å². The first-order valence-corrected chi connectivity index (χ1v) is 3.44. The van der Waals surface area contributed by atoms with E-state index in [1.807, 2.05) is 0 Å². The van der Waals surface area contributed by atoms with Gasteiger partial charge in [-0.3, -0.25) is 0 Å². The number of imidazole rings is 1. The van der Waals surface area contributed by atoms with Crippen molar-refractivity contribution in [2.75, 3.05) is 6.61 Å². The van der Waals surface area contributed by atoms with Gasteiger partial charge >= 0.3 is 5.82 Å². The Labute approximate surface area is 89.0 Å². The van der Waals surface area contributed by atoms with E-state index in [0.29, 0.717) is 5.82 Å². The zero-order chi connectivity index (χ0) is 9.14. The van der Waals surface area contributed by atoms with Crippen LogP contribution in [0.3, 0.4) is 0 Å². The second-order valence-electron chi connectivity index (χ2n) is 2.30. The Morgan fingerprint density at radius 2 is 2.38 bits per heavy atom. The van der Waals surface area contributed by atoms with Crippen LogP contribution in [0.1, 0.15) is 5.82 Å². The summed E-state index contributed by atoms with van der Waals surface area (Å²) >= 11 is 0. The smallest absolute Gasteiger partial charge is 0.342 e. The first kappa shape index (κ1) is 12.3. The maximum Gasteiger partial charge on any atom is 0.342 e. The summed E-state index contributed by atoms with van der Waals surface area (Å²) in [6, 6.07) is 0. The molecule has 0 atom stereocenters. The summed E-state index contributed by atoms with van der Waals surface area (Å²) in [6.07, 6.45) is 1.19. The molecule has 1 aromatic heterocycles.